The van der Waals surface area contributed by atoms with E-state index in [9.17, 15) is 31.1 Å². The molecule has 0 spiro atoms. The van der Waals surface area contributed by atoms with Crippen molar-refractivity contribution < 1.29 is 45.0 Å². The Morgan fingerprint density at radius 2 is 2.02 bits per heavy atom. The Bertz CT molecular complexity index is 1640. The Kier molecular flexibility index (Phi) is 11.5. The van der Waals surface area contributed by atoms with Crippen LogP contribution in [0.5, 0.6) is 5.75 Å². The molecule has 0 amide bonds. The van der Waals surface area contributed by atoms with E-state index in [1.807, 2.05) is 4.90 Å². The second-order valence-electron chi connectivity index (χ2n) is 10.4. The van der Waals surface area contributed by atoms with Gasteiger partial charge >= 0.3 is 6.18 Å². The van der Waals surface area contributed by atoms with E-state index in [4.69, 9.17) is 14.6 Å². The van der Waals surface area contributed by atoms with Crippen molar-refractivity contribution in [1.82, 2.24) is 4.90 Å². The van der Waals surface area contributed by atoms with Crippen LogP contribution in [0.3, 0.4) is 0 Å². The molecule has 246 valence electrons. The van der Waals surface area contributed by atoms with Gasteiger partial charge < -0.3 is 25.2 Å². The number of thiophene rings is 1. The molecule has 2 aromatic carbocycles. The number of nitrogens with one attached hydrogen (secondary N) is 2. The van der Waals surface area contributed by atoms with Crippen LogP contribution in [0.15, 0.2) is 41.3 Å². The first-order valence-electron chi connectivity index (χ1n) is 13.8. The minimum atomic E-state index is -4.51. The average Bonchev–Trinajstić information content (AvgIpc) is 3.29. The molecule has 1 saturated heterocycles. The summed E-state index contributed by atoms with van der Waals surface area (Å²) in [7, 11) is -2.60. The number of β-amino-alcohol motifs (C(OH)–C–C–N with tert-alkyl or cyclic N) is 1. The van der Waals surface area contributed by atoms with Gasteiger partial charge in [0.25, 0.3) is 0 Å². The third-order valence-corrected chi connectivity index (χ3v) is 9.16. The van der Waals surface area contributed by atoms with Gasteiger partial charge in [-0.1, -0.05) is 24.0 Å². The number of aliphatic hydroxyl groups is 1. The number of benzene rings is 2. The zero-order valence-corrected chi connectivity index (χ0v) is 25.8. The highest BCUT2D eigenvalue weighted by Crippen LogP contribution is 2.39. The van der Waals surface area contributed by atoms with Gasteiger partial charge in [-0.2, -0.15) is 13.2 Å². The molecular formula is C29H33F5N4O5S2. The molecule has 1 fully saturated rings. The highest BCUT2D eigenvalue weighted by molar-refractivity contribution is 7.89. The quantitative estimate of drug-likeness (QED) is 0.166. The number of alkyl halides is 5. The molecule has 1 aromatic heterocycles. The highest BCUT2D eigenvalue weighted by atomic mass is 32.2. The summed E-state index contributed by atoms with van der Waals surface area (Å²) in [6, 6.07) is 7.83. The van der Waals surface area contributed by atoms with Crippen LogP contribution in [0.25, 0.3) is 10.1 Å². The summed E-state index contributed by atoms with van der Waals surface area (Å²) in [5.74, 6) is 5.42. The second kappa shape index (κ2) is 14.9. The van der Waals surface area contributed by atoms with Crippen molar-refractivity contribution in [2.24, 2.45) is 5.14 Å². The fourth-order valence-electron chi connectivity index (χ4n) is 5.07. The summed E-state index contributed by atoms with van der Waals surface area (Å²) in [6.45, 7) is -0.323. The molecule has 3 unspecified atom stereocenters. The number of sulfonamides is 1. The lowest BCUT2D eigenvalue weighted by Crippen LogP contribution is -2.50. The number of nitrogens with two attached hydrogens (primary N) is 1. The maximum Gasteiger partial charge on any atom is 0.393 e. The van der Waals surface area contributed by atoms with E-state index in [0.29, 0.717) is 28.7 Å². The number of fused-ring (bicyclic) bond motifs is 1. The zero-order chi connectivity index (χ0) is 32.8. The van der Waals surface area contributed by atoms with Crippen molar-refractivity contribution in [3.05, 3.63) is 46.8 Å². The van der Waals surface area contributed by atoms with Gasteiger partial charge in [-0.05, 0) is 35.6 Å². The number of rotatable bonds is 12. The van der Waals surface area contributed by atoms with Crippen LogP contribution in [0.2, 0.25) is 0 Å². The Morgan fingerprint density at radius 1 is 1.24 bits per heavy atom. The van der Waals surface area contributed by atoms with Crippen molar-refractivity contribution in [3.8, 4) is 17.6 Å². The molecule has 2 heterocycles. The zero-order valence-electron chi connectivity index (χ0n) is 24.2. The number of halogens is 5. The molecule has 4 rings (SSSR count). The lowest BCUT2D eigenvalue weighted by molar-refractivity contribution is -0.126. The average molecular weight is 677 g/mol. The van der Waals surface area contributed by atoms with Gasteiger partial charge in [-0.3, -0.25) is 4.90 Å². The highest BCUT2D eigenvalue weighted by Gasteiger charge is 2.33. The lowest BCUT2D eigenvalue weighted by Gasteiger charge is -2.36. The summed E-state index contributed by atoms with van der Waals surface area (Å²) in [6.07, 6.45) is -7.34. The first kappa shape index (κ1) is 34.7. The van der Waals surface area contributed by atoms with Gasteiger partial charge in [0, 0.05) is 32.8 Å². The number of hydrogen-bond donors (Lipinski definition) is 4. The van der Waals surface area contributed by atoms with Crippen LogP contribution in [0.1, 0.15) is 16.9 Å². The number of piperidine rings is 1. The third-order valence-electron chi connectivity index (χ3n) is 7.05. The Hall–Kier alpha value is -3.20. The number of aliphatic hydroxyl groups excluding tert-OH is 1. The summed E-state index contributed by atoms with van der Waals surface area (Å²) in [4.78, 5) is 1.70. The molecule has 5 N–H and O–H groups in total. The maximum atomic E-state index is 15.2. The largest absolute Gasteiger partial charge is 0.461 e. The lowest BCUT2D eigenvalue weighted by atomic mass is 10.0. The number of anilines is 2. The van der Waals surface area contributed by atoms with Crippen LogP contribution in [-0.4, -0.2) is 89.7 Å². The molecule has 0 radical (unpaired) electrons. The summed E-state index contributed by atoms with van der Waals surface area (Å²) < 4.78 is 102. The molecular weight excluding hydrogens is 643 g/mol. The van der Waals surface area contributed by atoms with E-state index >= 15 is 4.39 Å². The first-order valence-corrected chi connectivity index (χ1v) is 16.1. The predicted molar refractivity (Wildman–Crippen MR) is 163 cm³/mol. The van der Waals surface area contributed by atoms with Crippen molar-refractivity contribution in [2.75, 3.05) is 57.4 Å². The number of hydrogen-bond acceptors (Lipinski definition) is 9. The molecule has 3 atom stereocenters. The first-order chi connectivity index (χ1) is 21.3. The molecule has 0 saturated carbocycles. The fourth-order valence-corrected chi connectivity index (χ4v) is 6.77. The van der Waals surface area contributed by atoms with E-state index in [1.165, 1.54) is 19.2 Å². The number of methoxy groups -OCH3 is 1. The van der Waals surface area contributed by atoms with E-state index in [2.05, 4.69) is 22.5 Å². The van der Waals surface area contributed by atoms with Gasteiger partial charge in [0.15, 0.2) is 0 Å². The van der Waals surface area contributed by atoms with E-state index in [-0.39, 0.29) is 53.0 Å². The normalized spacial score (nSPS) is 18.3. The number of primary sulfonamides is 1. The van der Waals surface area contributed by atoms with Crippen molar-refractivity contribution in [1.29, 1.82) is 0 Å². The van der Waals surface area contributed by atoms with Crippen LogP contribution < -0.4 is 20.5 Å². The Labute approximate surface area is 261 Å². The SMILES string of the molecule is COCC(O)CN1CCC(Nc2cccc3c(CC(F)(F)F)c(C#CCNc4ccc(S(N)(=O)=O)cc4OCF)sc23)C(F)C1. The van der Waals surface area contributed by atoms with Crippen LogP contribution in [0, 0.1) is 11.8 Å². The van der Waals surface area contributed by atoms with E-state index < -0.39 is 47.8 Å². The maximum absolute atomic E-state index is 15.2. The Balaban J connectivity index is 1.55. The molecule has 9 nitrogen and oxygen atoms in total. The third kappa shape index (κ3) is 9.41. The predicted octanol–water partition coefficient (Wildman–Crippen LogP) is 4.25. The van der Waals surface area contributed by atoms with Crippen molar-refractivity contribution in [2.45, 2.75) is 42.2 Å². The fraction of sp³-hybridized carbons (Fsp3) is 0.448. The van der Waals surface area contributed by atoms with Gasteiger partial charge in [0.05, 0.1) is 57.6 Å². The second-order valence-corrected chi connectivity index (χ2v) is 13.0. The smallest absolute Gasteiger partial charge is 0.393 e. The molecule has 0 bridgehead atoms. The number of ether oxygens (including phenoxy) is 2. The van der Waals surface area contributed by atoms with Gasteiger partial charge in [0.1, 0.15) is 11.9 Å². The van der Waals surface area contributed by atoms with E-state index in [1.54, 1.807) is 18.2 Å². The summed E-state index contributed by atoms with van der Waals surface area (Å²) in [5, 5.41) is 21.5. The number of nitrogens with zero attached hydrogens (tertiary/aromatic N) is 1. The van der Waals surface area contributed by atoms with Crippen LogP contribution in [0.4, 0.5) is 33.3 Å². The molecule has 0 aliphatic carbocycles. The number of likely N-dealkylation sites (tertiary alicyclic amines) is 1. The minimum Gasteiger partial charge on any atom is -0.461 e. The van der Waals surface area contributed by atoms with Gasteiger partial charge in [-0.25, -0.2) is 22.3 Å². The van der Waals surface area contributed by atoms with Gasteiger partial charge in [-0.15, -0.1) is 11.3 Å². The topological polar surface area (TPSA) is 126 Å². The molecule has 3 aromatic rings. The molecule has 45 heavy (non-hydrogen) atoms. The Morgan fingerprint density at radius 3 is 2.69 bits per heavy atom. The molecule has 1 aliphatic rings. The summed E-state index contributed by atoms with van der Waals surface area (Å²) in [5.41, 5.74) is 0.694. The van der Waals surface area contributed by atoms with Gasteiger partial charge in [0.2, 0.25) is 16.9 Å². The minimum absolute atomic E-state index is 0.00337. The summed E-state index contributed by atoms with van der Waals surface area (Å²) >= 11 is 1.06. The van der Waals surface area contributed by atoms with Crippen molar-refractivity contribution >= 4 is 42.8 Å². The standard InChI is InChI=1S/C29H33F5N4O5S2/c1-42-16-18(39)14-38-11-9-23(22(31)15-38)37-25-5-2-4-20-21(13-29(32,33)34)27(44-28(20)25)6-3-10-36-24-8-7-19(45(35,40)41)12-26(24)43-17-30/h2,4-5,7-8,12,18,22-23,36-37,39H,9-11,13-17H2,1H3,(H2,35,40,41). The van der Waals surface area contributed by atoms with Crippen LogP contribution >= 0.6 is 11.3 Å². The molecule has 16 heteroatoms. The molecule has 1 aliphatic heterocycles. The van der Waals surface area contributed by atoms with E-state index in [0.717, 1.165) is 17.4 Å². The monoisotopic (exact) mass is 676 g/mol. The van der Waals surface area contributed by atoms with Crippen molar-refractivity contribution in [3.63, 3.8) is 0 Å². The van der Waals surface area contributed by atoms with Crippen LogP contribution in [-0.2, 0) is 21.2 Å².